The smallest absolute Gasteiger partial charge is 0.258 e. The number of hydrogen-bond acceptors (Lipinski definition) is 8. The molecule has 4 aromatic heterocycles. The number of hydrogen-bond donors (Lipinski definition) is 2. The van der Waals surface area contributed by atoms with Crippen LogP contribution >= 0.6 is 0 Å². The van der Waals surface area contributed by atoms with Crippen molar-refractivity contribution in [3.05, 3.63) is 48.4 Å². The molecule has 11 heteroatoms. The third-order valence-electron chi connectivity index (χ3n) is 4.29. The number of rotatable bonds is 8. The maximum absolute atomic E-state index is 12.4. The summed E-state index contributed by atoms with van der Waals surface area (Å²) in [5.74, 6) is 1.50. The lowest BCUT2D eigenvalue weighted by Gasteiger charge is -2.07. The Kier molecular flexibility index (Phi) is 5.10. The summed E-state index contributed by atoms with van der Waals surface area (Å²) in [5, 5.41) is 15.3. The second kappa shape index (κ2) is 8.00. The normalized spacial score (nSPS) is 11.0. The highest BCUT2D eigenvalue weighted by atomic mass is 16.5. The number of furan rings is 1. The molecular formula is C18H20N8O3. The van der Waals surface area contributed by atoms with E-state index in [1.807, 2.05) is 12.1 Å². The Morgan fingerprint density at radius 2 is 2.24 bits per heavy atom. The highest BCUT2D eigenvalue weighted by molar-refractivity contribution is 5.96. The molecule has 29 heavy (non-hydrogen) atoms. The van der Waals surface area contributed by atoms with Gasteiger partial charge in [0.2, 0.25) is 5.88 Å². The zero-order chi connectivity index (χ0) is 20.2. The van der Waals surface area contributed by atoms with Crippen molar-refractivity contribution in [3.8, 4) is 5.88 Å². The summed E-state index contributed by atoms with van der Waals surface area (Å²) in [7, 11) is 3.21. The van der Waals surface area contributed by atoms with Gasteiger partial charge in [-0.25, -0.2) is 14.6 Å². The zero-order valence-corrected chi connectivity index (χ0v) is 16.0. The van der Waals surface area contributed by atoms with Gasteiger partial charge in [0.1, 0.15) is 23.5 Å². The van der Waals surface area contributed by atoms with Crippen LogP contribution in [0.25, 0.3) is 11.0 Å². The van der Waals surface area contributed by atoms with Crippen molar-refractivity contribution >= 4 is 22.8 Å². The van der Waals surface area contributed by atoms with Crippen LogP contribution in [0.15, 0.2) is 41.5 Å². The number of anilines is 1. The largest absolute Gasteiger partial charge is 0.479 e. The summed E-state index contributed by atoms with van der Waals surface area (Å²) in [6, 6.07) is 3.72. The second-order valence-corrected chi connectivity index (χ2v) is 6.24. The summed E-state index contributed by atoms with van der Waals surface area (Å²) in [4.78, 5) is 21.0. The Morgan fingerprint density at radius 3 is 3.03 bits per heavy atom. The minimum atomic E-state index is -0.262. The molecule has 0 aromatic carbocycles. The van der Waals surface area contributed by atoms with Crippen LogP contribution in [-0.4, -0.2) is 49.1 Å². The Morgan fingerprint density at radius 1 is 1.34 bits per heavy atom. The Labute approximate surface area is 165 Å². The molecule has 150 valence electrons. The van der Waals surface area contributed by atoms with Crippen molar-refractivity contribution in [3.63, 3.8) is 0 Å². The van der Waals surface area contributed by atoms with Gasteiger partial charge in [0.25, 0.3) is 5.91 Å². The highest BCUT2D eigenvalue weighted by Gasteiger charge is 2.16. The van der Waals surface area contributed by atoms with Crippen molar-refractivity contribution in [2.24, 2.45) is 7.05 Å². The molecule has 4 heterocycles. The number of amides is 1. The van der Waals surface area contributed by atoms with E-state index in [2.05, 4.69) is 30.8 Å². The number of nitrogens with zero attached hydrogens (tertiary/aromatic N) is 6. The van der Waals surface area contributed by atoms with Crippen molar-refractivity contribution in [2.75, 3.05) is 19.0 Å². The first kappa shape index (κ1) is 18.5. The Balaban J connectivity index is 1.41. The molecule has 0 aliphatic carbocycles. The van der Waals surface area contributed by atoms with E-state index in [0.29, 0.717) is 36.7 Å². The molecule has 0 aliphatic heterocycles. The zero-order valence-electron chi connectivity index (χ0n) is 16.0. The van der Waals surface area contributed by atoms with E-state index in [0.717, 1.165) is 11.1 Å². The number of aryl methyl sites for hydroxylation is 1. The van der Waals surface area contributed by atoms with E-state index in [9.17, 15) is 4.79 Å². The van der Waals surface area contributed by atoms with Crippen LogP contribution < -0.4 is 15.4 Å². The van der Waals surface area contributed by atoms with Crippen molar-refractivity contribution in [2.45, 2.75) is 13.1 Å². The molecule has 0 radical (unpaired) electrons. The number of carbonyl (C=O) groups is 1. The van der Waals surface area contributed by atoms with Crippen molar-refractivity contribution in [1.82, 2.24) is 34.8 Å². The van der Waals surface area contributed by atoms with Gasteiger partial charge in [-0.15, -0.1) is 5.10 Å². The summed E-state index contributed by atoms with van der Waals surface area (Å²) >= 11 is 0. The van der Waals surface area contributed by atoms with Gasteiger partial charge in [0.15, 0.2) is 5.65 Å². The average Bonchev–Trinajstić information content (AvgIpc) is 3.46. The molecule has 1 amide bonds. The molecule has 0 fully saturated rings. The van der Waals surface area contributed by atoms with Gasteiger partial charge in [-0.3, -0.25) is 9.48 Å². The molecule has 0 atom stereocenters. The quantitative estimate of drug-likeness (QED) is 0.455. The maximum Gasteiger partial charge on any atom is 0.258 e. The number of nitrogens with one attached hydrogen (secondary N) is 2. The molecule has 0 bridgehead atoms. The molecule has 0 saturated carbocycles. The van der Waals surface area contributed by atoms with E-state index in [4.69, 9.17) is 9.15 Å². The standard InChI is InChI=1S/C18H20N8O3/c1-25-10-14(18(24-25)28-2)17(27)19-5-6-26-16-13(9-23-26)15(21-11-22-16)20-8-12-4-3-7-29-12/h3-4,7,9-11H,5-6,8H2,1-2H3,(H,19,27)(H,20,21,22). The van der Waals surface area contributed by atoms with E-state index in [1.165, 1.54) is 18.1 Å². The minimum Gasteiger partial charge on any atom is -0.479 e. The van der Waals surface area contributed by atoms with Gasteiger partial charge < -0.3 is 19.8 Å². The molecule has 0 aliphatic rings. The molecule has 4 rings (SSSR count). The monoisotopic (exact) mass is 396 g/mol. The lowest BCUT2D eigenvalue weighted by molar-refractivity contribution is 0.0949. The van der Waals surface area contributed by atoms with Crippen LogP contribution in [0, 0.1) is 0 Å². The summed E-state index contributed by atoms with van der Waals surface area (Å²) in [5.41, 5.74) is 1.06. The first-order chi connectivity index (χ1) is 14.2. The Bertz CT molecular complexity index is 1120. The van der Waals surface area contributed by atoms with Crippen molar-refractivity contribution in [1.29, 1.82) is 0 Å². The maximum atomic E-state index is 12.4. The van der Waals surface area contributed by atoms with Crippen LogP contribution in [0.1, 0.15) is 16.1 Å². The van der Waals surface area contributed by atoms with Crippen LogP contribution in [-0.2, 0) is 20.1 Å². The topological polar surface area (TPSA) is 125 Å². The molecule has 2 N–H and O–H groups in total. The molecule has 0 saturated heterocycles. The lowest BCUT2D eigenvalue weighted by Crippen LogP contribution is -2.27. The number of carbonyl (C=O) groups excluding carboxylic acids is 1. The molecule has 0 unspecified atom stereocenters. The van der Waals surface area contributed by atoms with Gasteiger partial charge >= 0.3 is 0 Å². The minimum absolute atomic E-state index is 0.262. The molecule has 4 aromatic rings. The Hall–Kier alpha value is -3.89. The number of fused-ring (bicyclic) bond motifs is 1. The fraction of sp³-hybridized carbons (Fsp3) is 0.278. The lowest BCUT2D eigenvalue weighted by atomic mass is 10.3. The molecule has 11 nitrogen and oxygen atoms in total. The van der Waals surface area contributed by atoms with Crippen LogP contribution in [0.5, 0.6) is 5.88 Å². The van der Waals surface area contributed by atoms with E-state index in [1.54, 1.807) is 30.4 Å². The van der Waals surface area contributed by atoms with Gasteiger partial charge in [-0.1, -0.05) is 0 Å². The summed E-state index contributed by atoms with van der Waals surface area (Å²) < 4.78 is 13.7. The fourth-order valence-electron chi connectivity index (χ4n) is 2.93. The van der Waals surface area contributed by atoms with Gasteiger partial charge in [-0.2, -0.15) is 5.10 Å². The summed E-state index contributed by atoms with van der Waals surface area (Å²) in [6.45, 7) is 1.33. The van der Waals surface area contributed by atoms with E-state index < -0.39 is 0 Å². The number of methoxy groups -OCH3 is 1. The van der Waals surface area contributed by atoms with E-state index >= 15 is 0 Å². The van der Waals surface area contributed by atoms with Crippen LogP contribution in [0.4, 0.5) is 5.82 Å². The SMILES string of the molecule is COc1nn(C)cc1C(=O)NCCn1ncc2c(NCc3ccco3)ncnc21. The van der Waals surface area contributed by atoms with Gasteiger partial charge in [0, 0.05) is 19.8 Å². The van der Waals surface area contributed by atoms with Gasteiger partial charge in [0.05, 0.1) is 38.0 Å². The predicted molar refractivity (Wildman–Crippen MR) is 103 cm³/mol. The third-order valence-corrected chi connectivity index (χ3v) is 4.29. The van der Waals surface area contributed by atoms with Crippen LogP contribution in [0.3, 0.4) is 0 Å². The fourth-order valence-corrected chi connectivity index (χ4v) is 2.93. The first-order valence-electron chi connectivity index (χ1n) is 8.94. The number of ether oxygens (including phenoxy) is 1. The van der Waals surface area contributed by atoms with Crippen molar-refractivity contribution < 1.29 is 13.9 Å². The average molecular weight is 396 g/mol. The number of aromatic nitrogens is 6. The van der Waals surface area contributed by atoms with Gasteiger partial charge in [-0.05, 0) is 12.1 Å². The highest BCUT2D eigenvalue weighted by Crippen LogP contribution is 2.19. The summed E-state index contributed by atoms with van der Waals surface area (Å²) in [6.07, 6.45) is 6.41. The van der Waals surface area contributed by atoms with Crippen LogP contribution in [0.2, 0.25) is 0 Å². The first-order valence-corrected chi connectivity index (χ1v) is 8.94. The molecular weight excluding hydrogens is 376 g/mol. The van der Waals surface area contributed by atoms with E-state index in [-0.39, 0.29) is 11.8 Å². The second-order valence-electron chi connectivity index (χ2n) is 6.24. The third kappa shape index (κ3) is 3.88. The molecule has 0 spiro atoms. The predicted octanol–water partition coefficient (Wildman–Crippen LogP) is 1.20.